The lowest BCUT2D eigenvalue weighted by molar-refractivity contribution is -0.107. The van der Waals surface area contributed by atoms with E-state index in [1.165, 1.54) is 6.07 Å². The molecule has 4 heteroatoms. The van der Waals surface area contributed by atoms with Crippen LogP contribution in [0.25, 0.3) is 6.08 Å². The number of allylic oxidation sites excluding steroid dienone is 1. The molecule has 0 bridgehead atoms. The van der Waals surface area contributed by atoms with Gasteiger partial charge in [0.15, 0.2) is 5.82 Å². The molecule has 0 atom stereocenters. The summed E-state index contributed by atoms with van der Waals surface area (Å²) in [6.45, 7) is 0. The number of aldehydes is 1. The molecule has 1 aromatic carbocycles. The first-order chi connectivity index (χ1) is 6.66. The van der Waals surface area contributed by atoms with Crippen molar-refractivity contribution < 1.29 is 9.18 Å². The van der Waals surface area contributed by atoms with Crippen LogP contribution in [0.5, 0.6) is 0 Å². The maximum atomic E-state index is 13.1. The van der Waals surface area contributed by atoms with Crippen LogP contribution in [0.2, 0.25) is 5.02 Å². The molecular weight excluding hydrogens is 205 g/mol. The average Bonchev–Trinajstić information content (AvgIpc) is 2.18. The van der Waals surface area contributed by atoms with Crippen LogP contribution >= 0.6 is 11.6 Å². The third-order valence-electron chi connectivity index (χ3n) is 1.67. The molecule has 0 aliphatic heterocycles. The Morgan fingerprint density at radius 1 is 1.50 bits per heavy atom. The van der Waals surface area contributed by atoms with Crippen LogP contribution in [0.4, 0.5) is 10.1 Å². The van der Waals surface area contributed by atoms with Crippen molar-refractivity contribution in [3.05, 3.63) is 34.6 Å². The van der Waals surface area contributed by atoms with E-state index in [-0.39, 0.29) is 17.1 Å². The molecule has 74 valence electrons. The van der Waals surface area contributed by atoms with Crippen LogP contribution in [-0.2, 0) is 4.79 Å². The molecule has 0 unspecified atom stereocenters. The number of hydrogen-bond donors (Lipinski definition) is 1. The van der Waals surface area contributed by atoms with E-state index in [2.05, 4.69) is 0 Å². The molecule has 14 heavy (non-hydrogen) atoms. The van der Waals surface area contributed by atoms with E-state index >= 15 is 0 Å². The van der Waals surface area contributed by atoms with Crippen molar-refractivity contribution in [2.45, 2.75) is 6.42 Å². The second-order valence-electron chi connectivity index (χ2n) is 2.68. The minimum Gasteiger partial charge on any atom is -0.396 e. The highest BCUT2D eigenvalue weighted by atomic mass is 35.5. The minimum atomic E-state index is -0.625. The maximum Gasteiger partial charge on any atom is 0.165 e. The summed E-state index contributed by atoms with van der Waals surface area (Å²) >= 11 is 5.68. The fourth-order valence-corrected chi connectivity index (χ4v) is 1.19. The molecule has 0 saturated heterocycles. The first-order valence-corrected chi connectivity index (χ1v) is 4.38. The van der Waals surface area contributed by atoms with E-state index in [0.717, 1.165) is 6.29 Å². The predicted molar refractivity (Wildman–Crippen MR) is 55.5 cm³/mol. The Hall–Kier alpha value is -1.35. The summed E-state index contributed by atoms with van der Waals surface area (Å²) in [7, 11) is 0. The molecule has 0 aromatic heterocycles. The quantitative estimate of drug-likeness (QED) is 0.620. The first-order valence-electron chi connectivity index (χ1n) is 4.00. The van der Waals surface area contributed by atoms with Gasteiger partial charge < -0.3 is 10.5 Å². The topological polar surface area (TPSA) is 43.1 Å². The second kappa shape index (κ2) is 4.77. The third-order valence-corrected chi connectivity index (χ3v) is 2.06. The lowest BCUT2D eigenvalue weighted by Gasteiger charge is -2.02. The fraction of sp³-hybridized carbons (Fsp3) is 0.100. The SMILES string of the molecule is Nc1ccc(C=CCC=O)c(Cl)c1F. The van der Waals surface area contributed by atoms with Crippen molar-refractivity contribution in [2.75, 3.05) is 5.73 Å². The Balaban J connectivity index is 2.99. The largest absolute Gasteiger partial charge is 0.396 e. The third kappa shape index (κ3) is 2.33. The van der Waals surface area contributed by atoms with Crippen LogP contribution in [-0.4, -0.2) is 6.29 Å². The Morgan fingerprint density at radius 2 is 2.21 bits per heavy atom. The van der Waals surface area contributed by atoms with Crippen molar-refractivity contribution >= 4 is 29.7 Å². The number of carbonyl (C=O) groups is 1. The first kappa shape index (κ1) is 10.7. The van der Waals surface area contributed by atoms with Gasteiger partial charge in [-0.05, 0) is 11.6 Å². The fourth-order valence-electron chi connectivity index (χ4n) is 0.959. The van der Waals surface area contributed by atoms with Crippen molar-refractivity contribution in [1.29, 1.82) is 0 Å². The Bertz CT molecular complexity index is 377. The average molecular weight is 214 g/mol. The van der Waals surface area contributed by atoms with Gasteiger partial charge in [-0.15, -0.1) is 0 Å². The lowest BCUT2D eigenvalue weighted by Crippen LogP contribution is -1.92. The highest BCUT2D eigenvalue weighted by Gasteiger charge is 2.06. The van der Waals surface area contributed by atoms with Gasteiger partial charge in [0, 0.05) is 6.42 Å². The van der Waals surface area contributed by atoms with Gasteiger partial charge in [-0.1, -0.05) is 29.8 Å². The molecule has 2 N–H and O–H groups in total. The Kier molecular flexibility index (Phi) is 3.65. The van der Waals surface area contributed by atoms with Crippen molar-refractivity contribution in [3.8, 4) is 0 Å². The zero-order valence-corrected chi connectivity index (χ0v) is 8.09. The monoisotopic (exact) mass is 213 g/mol. The van der Waals surface area contributed by atoms with Crippen LogP contribution in [0, 0.1) is 5.82 Å². The smallest absolute Gasteiger partial charge is 0.165 e. The molecule has 0 radical (unpaired) electrons. The molecular formula is C10H9ClFNO. The van der Waals surface area contributed by atoms with Gasteiger partial charge in [0.1, 0.15) is 6.29 Å². The van der Waals surface area contributed by atoms with Crippen LogP contribution in [0.15, 0.2) is 18.2 Å². The zero-order valence-electron chi connectivity index (χ0n) is 7.34. The summed E-state index contributed by atoms with van der Waals surface area (Å²) in [5, 5.41) is -0.0212. The Morgan fingerprint density at radius 3 is 2.86 bits per heavy atom. The molecule has 1 rings (SSSR count). The number of carbonyl (C=O) groups excluding carboxylic acids is 1. The number of hydrogen-bond acceptors (Lipinski definition) is 2. The van der Waals surface area contributed by atoms with Crippen LogP contribution in [0.1, 0.15) is 12.0 Å². The highest BCUT2D eigenvalue weighted by Crippen LogP contribution is 2.25. The van der Waals surface area contributed by atoms with Crippen molar-refractivity contribution in [2.24, 2.45) is 0 Å². The van der Waals surface area contributed by atoms with Gasteiger partial charge in [-0.25, -0.2) is 4.39 Å². The molecule has 0 heterocycles. The highest BCUT2D eigenvalue weighted by molar-refractivity contribution is 6.32. The van der Waals surface area contributed by atoms with E-state index in [1.54, 1.807) is 18.2 Å². The molecule has 0 aliphatic carbocycles. The summed E-state index contributed by atoms with van der Waals surface area (Å²) in [5.74, 6) is -0.625. The summed E-state index contributed by atoms with van der Waals surface area (Å²) < 4.78 is 13.1. The van der Waals surface area contributed by atoms with E-state index < -0.39 is 5.82 Å². The van der Waals surface area contributed by atoms with E-state index in [1.807, 2.05) is 0 Å². The zero-order chi connectivity index (χ0) is 10.6. The summed E-state index contributed by atoms with van der Waals surface area (Å²) in [6.07, 6.45) is 4.21. The van der Waals surface area contributed by atoms with Gasteiger partial charge in [0.25, 0.3) is 0 Å². The summed E-state index contributed by atoms with van der Waals surface area (Å²) in [4.78, 5) is 10.0. The minimum absolute atomic E-state index is 0.0162. The number of anilines is 1. The maximum absolute atomic E-state index is 13.1. The summed E-state index contributed by atoms with van der Waals surface area (Å²) in [5.41, 5.74) is 5.83. The number of rotatable bonds is 3. The lowest BCUT2D eigenvalue weighted by atomic mass is 10.1. The van der Waals surface area contributed by atoms with Crippen LogP contribution < -0.4 is 5.73 Å². The standard InChI is InChI=1S/C10H9ClFNO/c11-9-7(3-1-2-6-14)4-5-8(13)10(9)12/h1,3-6H,2,13H2. The number of nitrogen functional groups attached to an aromatic ring is 1. The molecule has 0 amide bonds. The van der Waals surface area contributed by atoms with Gasteiger partial charge >= 0.3 is 0 Å². The Labute approximate surface area is 86.2 Å². The normalized spacial score (nSPS) is 10.7. The van der Waals surface area contributed by atoms with Gasteiger partial charge in [0.05, 0.1) is 10.7 Å². The van der Waals surface area contributed by atoms with E-state index in [0.29, 0.717) is 5.56 Å². The number of halogens is 2. The molecule has 1 aromatic rings. The van der Waals surface area contributed by atoms with E-state index in [4.69, 9.17) is 17.3 Å². The van der Waals surface area contributed by atoms with Gasteiger partial charge in [0.2, 0.25) is 0 Å². The number of benzene rings is 1. The van der Waals surface area contributed by atoms with Gasteiger partial charge in [-0.3, -0.25) is 0 Å². The molecule has 0 saturated carbocycles. The number of nitrogens with two attached hydrogens (primary N) is 1. The van der Waals surface area contributed by atoms with E-state index in [9.17, 15) is 9.18 Å². The second-order valence-corrected chi connectivity index (χ2v) is 3.05. The molecule has 0 aliphatic rings. The van der Waals surface area contributed by atoms with Crippen LogP contribution in [0.3, 0.4) is 0 Å². The van der Waals surface area contributed by atoms with Gasteiger partial charge in [-0.2, -0.15) is 0 Å². The molecule has 2 nitrogen and oxygen atoms in total. The van der Waals surface area contributed by atoms with Crippen molar-refractivity contribution in [1.82, 2.24) is 0 Å². The van der Waals surface area contributed by atoms with Crippen molar-refractivity contribution in [3.63, 3.8) is 0 Å². The molecule has 0 fully saturated rings. The predicted octanol–water partition coefficient (Wildman–Crippen LogP) is 2.66. The molecule has 0 spiro atoms. The summed E-state index contributed by atoms with van der Waals surface area (Å²) in [6, 6.07) is 3.03.